The Bertz CT molecular complexity index is 2610. The molecule has 0 atom stereocenters. The van der Waals surface area contributed by atoms with Gasteiger partial charge in [-0.15, -0.1) is 0 Å². The highest BCUT2D eigenvalue weighted by atomic mass is 15.1. The van der Waals surface area contributed by atoms with Crippen molar-refractivity contribution < 1.29 is 0 Å². The predicted molar refractivity (Wildman–Crippen MR) is 181 cm³/mol. The van der Waals surface area contributed by atoms with Crippen molar-refractivity contribution >= 4 is 75.9 Å². The quantitative estimate of drug-likeness (QED) is 0.160. The van der Waals surface area contributed by atoms with Crippen LogP contribution in [-0.2, 0) is 0 Å². The van der Waals surface area contributed by atoms with E-state index in [1.165, 1.54) is 43.1 Å². The lowest BCUT2D eigenvalue weighted by Crippen LogP contribution is -2.04. The molecule has 0 saturated heterocycles. The van der Waals surface area contributed by atoms with Gasteiger partial charge in [0.05, 0.1) is 22.1 Å². The van der Waals surface area contributed by atoms with E-state index in [2.05, 4.69) is 138 Å². The van der Waals surface area contributed by atoms with Gasteiger partial charge in [0.15, 0.2) is 5.82 Å². The molecule has 0 radical (unpaired) electrons. The molecular formula is C40H23N3. The minimum atomic E-state index is 0.848. The van der Waals surface area contributed by atoms with E-state index in [1.807, 2.05) is 6.07 Å². The van der Waals surface area contributed by atoms with Crippen LogP contribution >= 0.6 is 0 Å². The van der Waals surface area contributed by atoms with Crippen LogP contribution in [0.5, 0.6) is 0 Å². The third kappa shape index (κ3) is 3.08. The van der Waals surface area contributed by atoms with Gasteiger partial charge in [-0.05, 0) is 68.0 Å². The molecule has 198 valence electrons. The minimum absolute atomic E-state index is 0.848. The number of rotatable bonds is 2. The van der Waals surface area contributed by atoms with Crippen molar-refractivity contribution in [2.75, 3.05) is 0 Å². The topological polar surface area (TPSA) is 30.7 Å². The second-order valence-corrected chi connectivity index (χ2v) is 11.4. The zero-order valence-corrected chi connectivity index (χ0v) is 23.1. The SMILES string of the molecule is c1ccc(-c2nc3ccc4ccccc4c3nc2-n2c3cccc4c5cc6ccccc6cc5c5cccc2c5c43)cc1. The average molecular weight is 546 g/mol. The standard InChI is InChI=1S/C40H23N3/c1-2-11-25(12-3-1)38-40(42-39-28-15-7-6-10-24(28)20-21-33(39)41-38)43-34-18-8-16-29-31-22-26-13-4-5-14-27(26)23-32(31)30-17-9-19-35(43)37(30)36(29)34/h1-23H. The van der Waals surface area contributed by atoms with Crippen molar-refractivity contribution in [3.63, 3.8) is 0 Å². The highest BCUT2D eigenvalue weighted by molar-refractivity contribution is 6.35. The number of hydrogen-bond donors (Lipinski definition) is 0. The van der Waals surface area contributed by atoms with E-state index in [4.69, 9.17) is 9.97 Å². The highest BCUT2D eigenvalue weighted by Crippen LogP contribution is 2.45. The van der Waals surface area contributed by atoms with Crippen LogP contribution in [0, 0.1) is 0 Å². The van der Waals surface area contributed by atoms with E-state index in [0.29, 0.717) is 0 Å². The monoisotopic (exact) mass is 545 g/mol. The Morgan fingerprint density at radius 2 is 1.00 bits per heavy atom. The fourth-order valence-corrected chi connectivity index (χ4v) is 7.20. The Kier molecular flexibility index (Phi) is 4.45. The Labute approximate surface area is 246 Å². The third-order valence-corrected chi connectivity index (χ3v) is 9.08. The fraction of sp³-hybridized carbons (Fsp3) is 0. The molecular weight excluding hydrogens is 522 g/mol. The van der Waals surface area contributed by atoms with Crippen LogP contribution in [0.15, 0.2) is 140 Å². The molecule has 2 aromatic heterocycles. The normalized spacial score (nSPS) is 12.2. The Morgan fingerprint density at radius 3 is 1.67 bits per heavy atom. The summed E-state index contributed by atoms with van der Waals surface area (Å²) in [4.78, 5) is 10.8. The van der Waals surface area contributed by atoms with Crippen molar-refractivity contribution in [2.45, 2.75) is 0 Å². The van der Waals surface area contributed by atoms with Crippen LogP contribution in [0.4, 0.5) is 0 Å². The molecule has 0 bridgehead atoms. The largest absolute Gasteiger partial charge is 0.292 e. The van der Waals surface area contributed by atoms with Gasteiger partial charge in [-0.1, -0.05) is 109 Å². The first-order valence-electron chi connectivity index (χ1n) is 14.7. The average Bonchev–Trinajstić information content (AvgIpc) is 3.42. The van der Waals surface area contributed by atoms with Gasteiger partial charge in [0.1, 0.15) is 5.69 Å². The molecule has 0 amide bonds. The van der Waals surface area contributed by atoms with E-state index < -0.39 is 0 Å². The van der Waals surface area contributed by atoms with Gasteiger partial charge < -0.3 is 0 Å². The molecule has 0 fully saturated rings. The zero-order chi connectivity index (χ0) is 28.1. The number of aromatic nitrogens is 3. The van der Waals surface area contributed by atoms with Gasteiger partial charge >= 0.3 is 0 Å². The van der Waals surface area contributed by atoms with Crippen molar-refractivity contribution in [1.82, 2.24) is 14.5 Å². The molecule has 0 N–H and O–H groups in total. The summed E-state index contributed by atoms with van der Waals surface area (Å²) in [5.74, 6) is 0.848. The van der Waals surface area contributed by atoms with E-state index in [9.17, 15) is 0 Å². The molecule has 0 spiro atoms. The second-order valence-electron chi connectivity index (χ2n) is 11.4. The molecule has 0 aliphatic rings. The molecule has 2 heterocycles. The molecule has 0 aliphatic carbocycles. The maximum absolute atomic E-state index is 5.50. The maximum Gasteiger partial charge on any atom is 0.165 e. The van der Waals surface area contributed by atoms with Crippen molar-refractivity contribution in [2.24, 2.45) is 0 Å². The summed E-state index contributed by atoms with van der Waals surface area (Å²) >= 11 is 0. The van der Waals surface area contributed by atoms with Gasteiger partial charge in [-0.2, -0.15) is 0 Å². The summed E-state index contributed by atoms with van der Waals surface area (Å²) in [5.41, 5.74) is 6.02. The van der Waals surface area contributed by atoms with Crippen molar-refractivity contribution in [3.05, 3.63) is 140 Å². The van der Waals surface area contributed by atoms with Gasteiger partial charge in [0.2, 0.25) is 0 Å². The predicted octanol–water partition coefficient (Wildman–Crippen LogP) is 10.4. The van der Waals surface area contributed by atoms with Gasteiger partial charge in [-0.25, -0.2) is 9.97 Å². The number of hydrogen-bond acceptors (Lipinski definition) is 2. The van der Waals surface area contributed by atoms with E-state index in [0.717, 1.165) is 49.9 Å². The van der Waals surface area contributed by atoms with E-state index in [1.54, 1.807) is 0 Å². The van der Waals surface area contributed by atoms with Crippen LogP contribution in [-0.4, -0.2) is 14.5 Å². The lowest BCUT2D eigenvalue weighted by molar-refractivity contribution is 1.08. The fourth-order valence-electron chi connectivity index (χ4n) is 7.20. The maximum atomic E-state index is 5.50. The molecule has 10 rings (SSSR count). The Hall–Kier alpha value is -5.80. The summed E-state index contributed by atoms with van der Waals surface area (Å²) in [5, 5.41) is 12.4. The lowest BCUT2D eigenvalue weighted by Gasteiger charge is -2.14. The van der Waals surface area contributed by atoms with Crippen molar-refractivity contribution in [3.8, 4) is 17.1 Å². The number of benzene rings is 8. The third-order valence-electron chi connectivity index (χ3n) is 9.08. The summed E-state index contributed by atoms with van der Waals surface area (Å²) in [7, 11) is 0. The van der Waals surface area contributed by atoms with E-state index >= 15 is 0 Å². The Balaban J connectivity index is 1.42. The highest BCUT2D eigenvalue weighted by Gasteiger charge is 2.23. The number of nitrogens with zero attached hydrogens (tertiary/aromatic N) is 3. The van der Waals surface area contributed by atoms with Crippen LogP contribution < -0.4 is 0 Å². The van der Waals surface area contributed by atoms with Crippen LogP contribution in [0.1, 0.15) is 0 Å². The van der Waals surface area contributed by atoms with Crippen molar-refractivity contribution in [1.29, 1.82) is 0 Å². The van der Waals surface area contributed by atoms with Crippen LogP contribution in [0.2, 0.25) is 0 Å². The number of fused-ring (bicyclic) bond motifs is 7. The lowest BCUT2D eigenvalue weighted by atomic mass is 9.92. The molecule has 0 unspecified atom stereocenters. The van der Waals surface area contributed by atoms with Crippen LogP contribution in [0.25, 0.3) is 93.0 Å². The molecule has 43 heavy (non-hydrogen) atoms. The Morgan fingerprint density at radius 1 is 0.419 bits per heavy atom. The van der Waals surface area contributed by atoms with Crippen LogP contribution in [0.3, 0.4) is 0 Å². The zero-order valence-electron chi connectivity index (χ0n) is 23.1. The molecule has 0 aliphatic heterocycles. The summed E-state index contributed by atoms with van der Waals surface area (Å²) in [6.45, 7) is 0. The first-order chi connectivity index (χ1) is 21.3. The molecule has 3 heteroatoms. The minimum Gasteiger partial charge on any atom is -0.292 e. The van der Waals surface area contributed by atoms with Gasteiger partial charge in [0.25, 0.3) is 0 Å². The van der Waals surface area contributed by atoms with E-state index in [-0.39, 0.29) is 0 Å². The first kappa shape index (κ1) is 22.8. The molecule has 3 nitrogen and oxygen atoms in total. The molecule has 0 saturated carbocycles. The van der Waals surface area contributed by atoms with Gasteiger partial charge in [0, 0.05) is 21.7 Å². The van der Waals surface area contributed by atoms with Gasteiger partial charge in [-0.3, -0.25) is 4.57 Å². The molecule has 8 aromatic carbocycles. The smallest absolute Gasteiger partial charge is 0.165 e. The summed E-state index contributed by atoms with van der Waals surface area (Å²) in [6, 6.07) is 49.9. The summed E-state index contributed by atoms with van der Waals surface area (Å²) < 4.78 is 2.35. The second kappa shape index (κ2) is 8.37. The summed E-state index contributed by atoms with van der Waals surface area (Å²) in [6.07, 6.45) is 0. The molecule has 10 aromatic rings. The first-order valence-corrected chi connectivity index (χ1v) is 14.7.